The molecule has 1 saturated heterocycles. The van der Waals surface area contributed by atoms with E-state index in [0.717, 1.165) is 24.2 Å². The standard InChI is InChI=1S/C25H29ClN2O4/c1-5-27(6-2)12-13-28-21(17-10-8-7-9-11-17)20(23(30)25(28)31)22(29)18-14-16(3)15-19(26)24(18)32-4/h7-11,14-15,21,29H,5-6,12-13H2,1-4H3/b22-20+. The number of benzene rings is 2. The SMILES string of the molecule is CCN(CC)CCN1C(=O)C(=O)/C(=C(/O)c2cc(C)cc(Cl)c2OC)C1c1ccccc1. The Labute approximate surface area is 194 Å². The van der Waals surface area contributed by atoms with E-state index in [1.165, 1.54) is 7.11 Å². The first kappa shape index (κ1) is 23.8. The molecular weight excluding hydrogens is 428 g/mol. The van der Waals surface area contributed by atoms with Gasteiger partial charge in [0.25, 0.3) is 11.7 Å². The van der Waals surface area contributed by atoms with Gasteiger partial charge >= 0.3 is 0 Å². The highest BCUT2D eigenvalue weighted by Gasteiger charge is 2.46. The second-order valence-electron chi connectivity index (χ2n) is 7.76. The fourth-order valence-corrected chi connectivity index (χ4v) is 4.49. The molecule has 1 heterocycles. The van der Waals surface area contributed by atoms with Gasteiger partial charge in [0, 0.05) is 13.1 Å². The number of rotatable bonds is 8. The molecule has 0 aliphatic carbocycles. The third-order valence-electron chi connectivity index (χ3n) is 5.85. The number of carbonyl (C=O) groups is 2. The predicted molar refractivity (Wildman–Crippen MR) is 126 cm³/mol. The number of halogens is 1. The molecule has 0 aromatic heterocycles. The van der Waals surface area contributed by atoms with E-state index in [-0.39, 0.29) is 17.1 Å². The molecule has 0 bridgehead atoms. The molecule has 1 unspecified atom stereocenters. The summed E-state index contributed by atoms with van der Waals surface area (Å²) in [6, 6.07) is 12.0. The topological polar surface area (TPSA) is 70.1 Å². The van der Waals surface area contributed by atoms with Crippen LogP contribution in [-0.4, -0.2) is 59.9 Å². The summed E-state index contributed by atoms with van der Waals surface area (Å²) in [5.41, 5.74) is 1.88. The van der Waals surface area contributed by atoms with Gasteiger partial charge < -0.3 is 19.6 Å². The summed E-state index contributed by atoms with van der Waals surface area (Å²) in [4.78, 5) is 30.0. The van der Waals surface area contributed by atoms with Crippen molar-refractivity contribution in [1.82, 2.24) is 9.80 Å². The lowest BCUT2D eigenvalue weighted by Gasteiger charge is -2.28. The third kappa shape index (κ3) is 4.52. The van der Waals surface area contributed by atoms with Crippen molar-refractivity contribution in [2.45, 2.75) is 26.8 Å². The maximum absolute atomic E-state index is 13.2. The number of nitrogens with zero attached hydrogens (tertiary/aromatic N) is 2. The zero-order valence-corrected chi connectivity index (χ0v) is 19.6. The van der Waals surface area contributed by atoms with E-state index in [0.29, 0.717) is 23.7 Å². The van der Waals surface area contributed by atoms with Crippen LogP contribution < -0.4 is 4.74 Å². The molecule has 2 aromatic rings. The van der Waals surface area contributed by atoms with Crippen molar-refractivity contribution in [2.75, 3.05) is 33.3 Å². The summed E-state index contributed by atoms with van der Waals surface area (Å²) in [5, 5.41) is 11.6. The number of aryl methyl sites for hydroxylation is 1. The van der Waals surface area contributed by atoms with Gasteiger partial charge in [-0.2, -0.15) is 0 Å². The lowest BCUT2D eigenvalue weighted by atomic mass is 9.94. The Balaban J connectivity index is 2.17. The van der Waals surface area contributed by atoms with Gasteiger partial charge in [0.2, 0.25) is 0 Å². The van der Waals surface area contributed by atoms with Crippen molar-refractivity contribution in [3.8, 4) is 5.75 Å². The van der Waals surface area contributed by atoms with Gasteiger partial charge in [-0.15, -0.1) is 0 Å². The first-order chi connectivity index (χ1) is 15.3. The van der Waals surface area contributed by atoms with E-state index < -0.39 is 17.7 Å². The van der Waals surface area contributed by atoms with Gasteiger partial charge in [-0.25, -0.2) is 0 Å². The second kappa shape index (κ2) is 10.2. The van der Waals surface area contributed by atoms with Crippen LogP contribution in [0.3, 0.4) is 0 Å². The summed E-state index contributed by atoms with van der Waals surface area (Å²) in [7, 11) is 1.45. The van der Waals surface area contributed by atoms with Crippen molar-refractivity contribution in [3.63, 3.8) is 0 Å². The van der Waals surface area contributed by atoms with E-state index in [4.69, 9.17) is 16.3 Å². The molecule has 1 aliphatic heterocycles. The second-order valence-corrected chi connectivity index (χ2v) is 8.16. The lowest BCUT2D eigenvalue weighted by Crippen LogP contribution is -2.38. The third-order valence-corrected chi connectivity index (χ3v) is 6.13. The number of aliphatic hydroxyl groups is 1. The molecule has 7 heteroatoms. The van der Waals surface area contributed by atoms with Crippen LogP contribution >= 0.6 is 11.6 Å². The number of aliphatic hydroxyl groups excluding tert-OH is 1. The Bertz CT molecular complexity index is 1030. The average Bonchev–Trinajstić information content (AvgIpc) is 3.04. The van der Waals surface area contributed by atoms with Gasteiger partial charge in [-0.3, -0.25) is 9.59 Å². The van der Waals surface area contributed by atoms with Gasteiger partial charge in [0.1, 0.15) is 11.5 Å². The quantitative estimate of drug-likeness (QED) is 0.361. The monoisotopic (exact) mass is 456 g/mol. The number of ether oxygens (including phenoxy) is 1. The molecule has 2 aromatic carbocycles. The number of Topliss-reactive ketones (excluding diaryl/α,β-unsaturated/α-hetero) is 1. The van der Waals surface area contributed by atoms with Crippen LogP contribution in [0.25, 0.3) is 5.76 Å². The molecule has 0 spiro atoms. The Morgan fingerprint density at radius 2 is 1.81 bits per heavy atom. The van der Waals surface area contributed by atoms with Crippen LogP contribution in [0.15, 0.2) is 48.0 Å². The van der Waals surface area contributed by atoms with Gasteiger partial charge in [0.05, 0.1) is 29.3 Å². The summed E-state index contributed by atoms with van der Waals surface area (Å²) in [5.74, 6) is -1.36. The fourth-order valence-electron chi connectivity index (χ4n) is 4.14. The molecule has 1 aliphatic rings. The number of methoxy groups -OCH3 is 1. The summed E-state index contributed by atoms with van der Waals surface area (Å²) >= 11 is 6.32. The van der Waals surface area contributed by atoms with Crippen LogP contribution in [0.1, 0.15) is 36.6 Å². The highest BCUT2D eigenvalue weighted by Crippen LogP contribution is 2.42. The molecule has 6 nitrogen and oxygen atoms in total. The van der Waals surface area contributed by atoms with E-state index in [2.05, 4.69) is 18.7 Å². The Morgan fingerprint density at radius 1 is 1.16 bits per heavy atom. The first-order valence-electron chi connectivity index (χ1n) is 10.7. The smallest absolute Gasteiger partial charge is 0.295 e. The van der Waals surface area contributed by atoms with Crippen LogP contribution in [-0.2, 0) is 9.59 Å². The number of likely N-dealkylation sites (N-methyl/N-ethyl adjacent to an activating group) is 1. The van der Waals surface area contributed by atoms with E-state index in [1.807, 2.05) is 37.3 Å². The number of likely N-dealkylation sites (tertiary alicyclic amines) is 1. The lowest BCUT2D eigenvalue weighted by molar-refractivity contribution is -0.140. The van der Waals surface area contributed by atoms with E-state index in [1.54, 1.807) is 17.0 Å². The predicted octanol–water partition coefficient (Wildman–Crippen LogP) is 4.42. The van der Waals surface area contributed by atoms with Crippen LogP contribution in [0.2, 0.25) is 5.02 Å². The Hall–Kier alpha value is -2.83. The van der Waals surface area contributed by atoms with E-state index >= 15 is 0 Å². The molecule has 170 valence electrons. The molecule has 1 fully saturated rings. The van der Waals surface area contributed by atoms with Crippen LogP contribution in [0.4, 0.5) is 0 Å². The minimum atomic E-state index is -0.712. The molecule has 1 N–H and O–H groups in total. The number of hydrogen-bond donors (Lipinski definition) is 1. The Kier molecular flexibility index (Phi) is 7.59. The van der Waals surface area contributed by atoms with Crippen molar-refractivity contribution >= 4 is 29.1 Å². The molecule has 1 atom stereocenters. The average molecular weight is 457 g/mol. The highest BCUT2D eigenvalue weighted by molar-refractivity contribution is 6.46. The van der Waals surface area contributed by atoms with Crippen molar-refractivity contribution < 1.29 is 19.4 Å². The molecule has 1 amide bonds. The summed E-state index contributed by atoms with van der Waals surface area (Å²) in [6.45, 7) is 8.63. The van der Waals surface area contributed by atoms with Crippen LogP contribution in [0.5, 0.6) is 5.75 Å². The highest BCUT2D eigenvalue weighted by atomic mass is 35.5. The zero-order chi connectivity index (χ0) is 23.4. The molecular formula is C25H29ClN2O4. The summed E-state index contributed by atoms with van der Waals surface area (Å²) < 4.78 is 5.41. The maximum atomic E-state index is 13.2. The number of carbonyl (C=O) groups excluding carboxylic acids is 2. The van der Waals surface area contributed by atoms with Crippen molar-refractivity contribution in [1.29, 1.82) is 0 Å². The Morgan fingerprint density at radius 3 is 2.41 bits per heavy atom. The molecule has 32 heavy (non-hydrogen) atoms. The van der Waals surface area contributed by atoms with Crippen molar-refractivity contribution in [3.05, 3.63) is 69.8 Å². The number of amides is 1. The minimum Gasteiger partial charge on any atom is -0.507 e. The maximum Gasteiger partial charge on any atom is 0.295 e. The molecule has 0 saturated carbocycles. The van der Waals surface area contributed by atoms with Crippen LogP contribution in [0, 0.1) is 6.92 Å². The van der Waals surface area contributed by atoms with Crippen molar-refractivity contribution in [2.24, 2.45) is 0 Å². The fraction of sp³-hybridized carbons (Fsp3) is 0.360. The number of hydrogen-bond acceptors (Lipinski definition) is 5. The largest absolute Gasteiger partial charge is 0.507 e. The van der Waals surface area contributed by atoms with Gasteiger partial charge in [-0.05, 0) is 43.3 Å². The zero-order valence-electron chi connectivity index (χ0n) is 18.9. The summed E-state index contributed by atoms with van der Waals surface area (Å²) in [6.07, 6.45) is 0. The first-order valence-corrected chi connectivity index (χ1v) is 11.1. The minimum absolute atomic E-state index is 0.0423. The molecule has 0 radical (unpaired) electrons. The normalized spacial score (nSPS) is 17.9. The number of ketones is 1. The van der Waals surface area contributed by atoms with E-state index in [9.17, 15) is 14.7 Å². The van der Waals surface area contributed by atoms with Gasteiger partial charge in [-0.1, -0.05) is 55.8 Å². The molecule has 3 rings (SSSR count). The van der Waals surface area contributed by atoms with Gasteiger partial charge in [0.15, 0.2) is 0 Å².